The number of aldehydes is 1. The van der Waals surface area contributed by atoms with Crippen molar-refractivity contribution < 1.29 is 58.4 Å². The van der Waals surface area contributed by atoms with Crippen LogP contribution in [0.2, 0.25) is 0 Å². The Morgan fingerprint density at radius 3 is 1.29 bits per heavy atom. The Bertz CT molecular complexity index is 6810. The van der Waals surface area contributed by atoms with E-state index in [2.05, 4.69) is 163 Å². The number of benzene rings is 7. The zero-order valence-corrected chi connectivity index (χ0v) is 78.4. The summed E-state index contributed by atoms with van der Waals surface area (Å²) in [6.45, 7) is 14.3. The van der Waals surface area contributed by atoms with Crippen molar-refractivity contribution in [2.75, 3.05) is 65.4 Å². The summed E-state index contributed by atoms with van der Waals surface area (Å²) in [4.78, 5) is 124. The Labute approximate surface area is 827 Å². The molecule has 0 radical (unpaired) electrons. The predicted octanol–water partition coefficient (Wildman–Crippen LogP) is 18.4. The number of hydrogen-bond donors (Lipinski definition) is 9. The van der Waals surface area contributed by atoms with Gasteiger partial charge in [0.2, 0.25) is 20.8 Å². The van der Waals surface area contributed by atoms with Gasteiger partial charge in [-0.2, -0.15) is 0 Å². The van der Waals surface area contributed by atoms with E-state index in [-0.39, 0.29) is 49.2 Å². The van der Waals surface area contributed by atoms with E-state index >= 15 is 0 Å². The molecule has 0 saturated carbocycles. The number of pyridine rings is 4. The molecule has 18 aromatic rings. The molecular formula is C105H110AlCl3LiN17O8S. The number of fused-ring (bicyclic) bond motifs is 15. The molecule has 7 aromatic carbocycles. The molecule has 6 aliphatic rings. The average molecular weight is 1910 g/mol. The van der Waals surface area contributed by atoms with Crippen molar-refractivity contribution in [2.24, 2.45) is 0 Å². The van der Waals surface area contributed by atoms with Gasteiger partial charge in [-0.1, -0.05) is 135 Å². The van der Waals surface area contributed by atoms with Crippen molar-refractivity contribution in [3.05, 3.63) is 294 Å². The van der Waals surface area contributed by atoms with Gasteiger partial charge in [-0.25, -0.2) is 14.0 Å². The average Bonchev–Trinajstić information content (AvgIpc) is 1.10. The standard InChI is InChI=1S/C27H24N6.C15H18N2O.C14H16N2O.C14H18N2.C12H6N2O2.C9H6ClNO.C9H7NO2.C5H11N.Al.Cl2OS.Li.4H/c1-4-14-33(15-5-1)16-21-22(17-8-2-3-11-20(17)30-21)27-31-25-18-9-6-12-28-23(18)24-19(26(25)32-27)10-7-13-29-24;18-11-13-12-6-2-3-7-14(12)16-15(13)10-17-8-4-1-5-9-17;17-14(16-8-4-1-5-9-16)13-10-11-6-2-3-7-12(11)15-13;1-4-8-16(9-5-1)11-13-10-12-6-2-3-7-14(12)15-13;15-11-7-3-1-5-13-9(7)10-8(12(11)16)4-2-6-14-10;10-9(12)8-5-6-3-1-2-4-7(6)11-8;11-9(12)8-5-6-3-1-2-4-7(6)10-8;1-2-4-6-5-3-1;;1-4(2)3;;;;;/h2-3,6-13,30H,1,4-5,14-16H2,(H,31,32);2-3,6-7,11,16H,1,4-5,8-10H2;2-3,6-7,10,15H,1,4-5,8-9H2;2-3,6-7,10,15H,1,4-5,8-9,11H2;1-6H;1-5,11H;1-5,10H,(H,11,12);6H,1-5H2;;;;;;;/q;;;;;;;;;;+1;;;;-1. The van der Waals surface area contributed by atoms with Crippen molar-refractivity contribution in [1.82, 2.24) is 84.7 Å². The largest absolute Gasteiger partial charge is 1.00 e. The van der Waals surface area contributed by atoms with Crippen molar-refractivity contribution in [2.45, 2.75) is 116 Å². The number of aromatic amines is 7. The molecule has 1 aliphatic carbocycles. The first-order valence-corrected chi connectivity index (χ1v) is 49.1. The second kappa shape index (κ2) is 49.1. The van der Waals surface area contributed by atoms with E-state index in [0.29, 0.717) is 33.9 Å². The first-order valence-electron chi connectivity index (χ1n) is 45.9. The number of carboxylic acid groups (broad SMARTS) is 1. The maximum atomic E-state index is 12.3. The molecule has 0 unspecified atom stereocenters. The summed E-state index contributed by atoms with van der Waals surface area (Å²) in [7, 11) is 7.36. The minimum absolute atomic E-state index is 0. The molecule has 694 valence electrons. The van der Waals surface area contributed by atoms with E-state index in [9.17, 15) is 28.8 Å². The van der Waals surface area contributed by atoms with Crippen LogP contribution in [0.1, 0.15) is 177 Å². The Hall–Kier alpha value is -12.0. The van der Waals surface area contributed by atoms with Crippen LogP contribution in [0.3, 0.4) is 0 Å². The quantitative estimate of drug-likeness (QED) is 0.0191. The number of imidazole rings is 1. The van der Waals surface area contributed by atoms with Crippen LogP contribution >= 0.6 is 33.0 Å². The van der Waals surface area contributed by atoms with Crippen molar-refractivity contribution in [3.8, 4) is 22.8 Å². The van der Waals surface area contributed by atoms with Crippen LogP contribution in [0.25, 0.3) is 121 Å². The Morgan fingerprint density at radius 1 is 0.412 bits per heavy atom. The van der Waals surface area contributed by atoms with Crippen LogP contribution in [-0.4, -0.2) is 207 Å². The topological polar surface area (TPSA) is 340 Å². The molecular weight excluding hydrogens is 1800 g/mol. The zero-order valence-electron chi connectivity index (χ0n) is 76.3. The number of piperidine rings is 5. The van der Waals surface area contributed by atoms with E-state index < -0.39 is 32.0 Å². The van der Waals surface area contributed by atoms with Gasteiger partial charge < -0.3 is 51.6 Å². The number of halogens is 3. The van der Waals surface area contributed by atoms with Crippen molar-refractivity contribution in [1.29, 1.82) is 0 Å². The Balaban J connectivity index is 0.000000136. The molecule has 25 nitrogen and oxygen atoms in total. The molecule has 1 amide bonds. The number of amides is 1. The monoisotopic (exact) mass is 1910 g/mol. The van der Waals surface area contributed by atoms with Gasteiger partial charge in [0.05, 0.1) is 38.9 Å². The summed E-state index contributed by atoms with van der Waals surface area (Å²) in [6, 6.07) is 70.4. The van der Waals surface area contributed by atoms with Crippen LogP contribution in [0.15, 0.2) is 243 Å². The third-order valence-electron chi connectivity index (χ3n) is 24.8. The summed E-state index contributed by atoms with van der Waals surface area (Å²) in [5.41, 5.74) is 18.7. The number of ketones is 2. The molecule has 24 rings (SSSR count). The van der Waals surface area contributed by atoms with Gasteiger partial charge in [-0.3, -0.25) is 58.6 Å². The van der Waals surface area contributed by atoms with E-state index in [1.807, 2.05) is 133 Å². The summed E-state index contributed by atoms with van der Waals surface area (Å²) in [6.07, 6.45) is 27.4. The normalized spacial score (nSPS) is 14.8. The molecule has 0 bridgehead atoms. The minimum atomic E-state index is -1.67. The number of para-hydroxylation sites is 6. The van der Waals surface area contributed by atoms with Gasteiger partial charge in [-0.15, -0.1) is 0 Å². The summed E-state index contributed by atoms with van der Waals surface area (Å²) in [5, 5.41) is 20.2. The van der Waals surface area contributed by atoms with E-state index in [4.69, 9.17) is 25.9 Å². The van der Waals surface area contributed by atoms with E-state index in [1.165, 1.54) is 143 Å². The summed E-state index contributed by atoms with van der Waals surface area (Å²) < 4.78 is 9.09. The second-order valence-corrected chi connectivity index (χ2v) is 36.8. The number of nitrogens with one attached hydrogen (secondary N) is 8. The fraction of sp³-hybridized carbons (Fsp3) is 0.267. The number of aromatic carboxylic acids is 1. The first kappa shape index (κ1) is 99.9. The van der Waals surface area contributed by atoms with E-state index in [0.717, 1.165) is 177 Å². The predicted molar refractivity (Wildman–Crippen MR) is 549 cm³/mol. The van der Waals surface area contributed by atoms with Crippen LogP contribution in [0.5, 0.6) is 0 Å². The number of hydrogen-bond acceptors (Lipinski definition) is 16. The molecule has 136 heavy (non-hydrogen) atoms. The molecule has 0 atom stereocenters. The molecule has 9 N–H and O–H groups in total. The number of carbonyl (C=O) groups excluding carboxylic acids is 5. The van der Waals surface area contributed by atoms with Gasteiger partial charge in [0.15, 0.2) is 23.6 Å². The number of Topliss-reactive ketones (excluding diaryl/α,β-unsaturated/α-hetero) is 2. The number of carboxylic acids is 1. The smallest absolute Gasteiger partial charge is 1.00 e. The van der Waals surface area contributed by atoms with Crippen LogP contribution in [-0.2, 0) is 28.9 Å². The fourth-order valence-corrected chi connectivity index (χ4v) is 18.3. The van der Waals surface area contributed by atoms with Crippen LogP contribution in [0.4, 0.5) is 0 Å². The van der Waals surface area contributed by atoms with Gasteiger partial charge >= 0.3 is 24.8 Å². The number of aromatic nitrogens is 12. The van der Waals surface area contributed by atoms with Crippen molar-refractivity contribution in [3.63, 3.8) is 0 Å². The molecule has 16 heterocycles. The number of likely N-dealkylation sites (tertiary alicyclic amines) is 4. The van der Waals surface area contributed by atoms with Gasteiger partial charge in [-0.05, 0) is 249 Å². The van der Waals surface area contributed by atoms with Crippen LogP contribution < -0.4 is 24.2 Å². The molecule has 5 aliphatic heterocycles. The van der Waals surface area contributed by atoms with Gasteiger partial charge in [0, 0.05) is 178 Å². The third kappa shape index (κ3) is 25.2. The molecule has 11 aromatic heterocycles. The fourth-order valence-electron chi connectivity index (χ4n) is 18.2. The van der Waals surface area contributed by atoms with Gasteiger partial charge in [0.25, 0.3) is 11.1 Å². The maximum absolute atomic E-state index is 12.3. The zero-order chi connectivity index (χ0) is 92.7. The number of rotatable bonds is 11. The minimum Gasteiger partial charge on any atom is -1.00 e. The summed E-state index contributed by atoms with van der Waals surface area (Å²) in [5.74, 6) is -0.907. The molecule has 31 heteroatoms. The van der Waals surface area contributed by atoms with Gasteiger partial charge in [0.1, 0.15) is 28.6 Å². The van der Waals surface area contributed by atoms with E-state index in [1.54, 1.807) is 48.8 Å². The molecule has 5 fully saturated rings. The number of H-pyrrole nitrogens is 7. The second-order valence-electron chi connectivity index (χ2n) is 33.9. The Kier molecular flexibility index (Phi) is 36.1. The van der Waals surface area contributed by atoms with Crippen molar-refractivity contribution >= 4 is 193 Å². The molecule has 0 spiro atoms. The Morgan fingerprint density at radius 2 is 0.801 bits per heavy atom. The summed E-state index contributed by atoms with van der Waals surface area (Å²) >= 11 is 5.30. The first-order chi connectivity index (χ1) is 65.6. The SMILES string of the molecule is C1CCNCC1.O=C(Cl)c1cc2ccccc2[nH]1.O=C(O)c1cc2ccccc2[nH]1.O=C(c1cc2ccccc2[nH]1)N1CCCCC1.O=C1C(=O)c2cccnc2-c2ncccc21.O=Cc1c(CN2CCCCC2)[nH]c2ccccc12.O=S(Cl)Cl.[AlH3].[H-].[Li+].c1ccc2[nH]c(CN3CCCCC3)cc2c1.c1ccc2c(-c3nc4c5cccnc5c5ncccc5c4[nH]3)c(CN3CCCCC3)[nH]c2c1. The third-order valence-corrected chi connectivity index (χ3v) is 25.0. The maximum Gasteiger partial charge on any atom is 1.00 e. The number of nitrogens with zero attached hydrogens (tertiary/aromatic N) is 9. The number of carbonyl (C=O) groups is 6. The van der Waals surface area contributed by atoms with Crippen LogP contribution in [0, 0.1) is 0 Å². The molecule has 5 saturated heterocycles.